The van der Waals surface area contributed by atoms with Gasteiger partial charge in [0.15, 0.2) is 0 Å². The maximum absolute atomic E-state index is 11.8. The molecule has 5 nitrogen and oxygen atoms in total. The average molecular weight is 349 g/mol. The van der Waals surface area contributed by atoms with Gasteiger partial charge < -0.3 is 20.1 Å². The van der Waals surface area contributed by atoms with Crippen molar-refractivity contribution in [3.05, 3.63) is 59.1 Å². The van der Waals surface area contributed by atoms with Gasteiger partial charge in [0, 0.05) is 18.7 Å². The lowest BCUT2D eigenvalue weighted by Gasteiger charge is -2.11. The second-order valence-electron chi connectivity index (χ2n) is 5.05. The minimum Gasteiger partial charge on any atom is -0.496 e. The molecule has 0 saturated heterocycles. The lowest BCUT2D eigenvalue weighted by Crippen LogP contribution is -2.36. The largest absolute Gasteiger partial charge is 0.496 e. The van der Waals surface area contributed by atoms with Crippen LogP contribution < -0.4 is 20.1 Å². The number of carbonyl (C=O) groups is 1. The summed E-state index contributed by atoms with van der Waals surface area (Å²) < 4.78 is 10.8. The molecular formula is C18H21ClN2O3. The molecule has 0 atom stereocenters. The molecule has 0 radical (unpaired) electrons. The third kappa shape index (κ3) is 5.66. The van der Waals surface area contributed by atoms with Gasteiger partial charge in [-0.2, -0.15) is 0 Å². The van der Waals surface area contributed by atoms with Crippen LogP contribution in [0.25, 0.3) is 0 Å². The number of benzene rings is 2. The van der Waals surface area contributed by atoms with Crippen molar-refractivity contribution in [2.45, 2.75) is 13.0 Å². The van der Waals surface area contributed by atoms with Gasteiger partial charge >= 0.3 is 6.03 Å². The Bertz CT molecular complexity index is 664. The van der Waals surface area contributed by atoms with Gasteiger partial charge in [-0.05, 0) is 24.6 Å². The first-order valence-electron chi connectivity index (χ1n) is 7.71. The van der Waals surface area contributed by atoms with E-state index in [1.807, 2.05) is 42.5 Å². The van der Waals surface area contributed by atoms with Crippen molar-refractivity contribution in [3.63, 3.8) is 0 Å². The van der Waals surface area contributed by atoms with E-state index in [1.165, 1.54) is 0 Å². The Hall–Kier alpha value is -2.40. The molecule has 2 aromatic rings. The Morgan fingerprint density at radius 1 is 1.04 bits per heavy atom. The SMILES string of the molecule is COc1ccccc1CNC(=O)NCCCOc1ccccc1Cl. The molecule has 2 amide bonds. The van der Waals surface area contributed by atoms with E-state index < -0.39 is 0 Å². The van der Waals surface area contributed by atoms with E-state index in [9.17, 15) is 4.79 Å². The summed E-state index contributed by atoms with van der Waals surface area (Å²) in [7, 11) is 1.61. The fraction of sp³-hybridized carbons (Fsp3) is 0.278. The first-order valence-corrected chi connectivity index (χ1v) is 8.09. The molecule has 2 aromatic carbocycles. The van der Waals surface area contributed by atoms with Gasteiger partial charge in [-0.15, -0.1) is 0 Å². The Morgan fingerprint density at radius 3 is 2.50 bits per heavy atom. The van der Waals surface area contributed by atoms with Gasteiger partial charge in [-0.3, -0.25) is 0 Å². The number of nitrogens with one attached hydrogen (secondary N) is 2. The van der Waals surface area contributed by atoms with E-state index in [2.05, 4.69) is 10.6 Å². The summed E-state index contributed by atoms with van der Waals surface area (Å²) >= 11 is 6.00. The molecule has 2 rings (SSSR count). The molecule has 0 saturated carbocycles. The third-order valence-corrected chi connectivity index (χ3v) is 3.65. The third-order valence-electron chi connectivity index (χ3n) is 3.33. The van der Waals surface area contributed by atoms with Gasteiger partial charge in [-0.25, -0.2) is 4.79 Å². The van der Waals surface area contributed by atoms with Crippen LogP contribution >= 0.6 is 11.6 Å². The summed E-state index contributed by atoms with van der Waals surface area (Å²) in [6.45, 7) is 1.41. The van der Waals surface area contributed by atoms with Crippen molar-refractivity contribution < 1.29 is 14.3 Å². The van der Waals surface area contributed by atoms with Gasteiger partial charge in [0.25, 0.3) is 0 Å². The predicted octanol–water partition coefficient (Wildman–Crippen LogP) is 3.62. The molecule has 24 heavy (non-hydrogen) atoms. The topological polar surface area (TPSA) is 59.6 Å². The minimum absolute atomic E-state index is 0.223. The highest BCUT2D eigenvalue weighted by molar-refractivity contribution is 6.32. The first kappa shape index (κ1) is 17.9. The number of carbonyl (C=O) groups excluding carboxylic acids is 1. The fourth-order valence-corrected chi connectivity index (χ4v) is 2.30. The van der Waals surface area contributed by atoms with Gasteiger partial charge in [-0.1, -0.05) is 41.9 Å². The molecule has 0 aliphatic carbocycles. The standard InChI is InChI=1S/C18H21ClN2O3/c1-23-16-9-4-2-7-14(16)13-21-18(22)20-11-6-12-24-17-10-5-3-8-15(17)19/h2-5,7-10H,6,11-13H2,1H3,(H2,20,21,22). The smallest absolute Gasteiger partial charge is 0.315 e. The zero-order valence-electron chi connectivity index (χ0n) is 13.5. The van der Waals surface area contributed by atoms with Crippen LogP contribution in [0.2, 0.25) is 5.02 Å². The van der Waals surface area contributed by atoms with Crippen LogP contribution in [0.5, 0.6) is 11.5 Å². The molecule has 0 aliphatic rings. The first-order chi connectivity index (χ1) is 11.7. The van der Waals surface area contributed by atoms with Crippen molar-refractivity contribution in [3.8, 4) is 11.5 Å². The number of amides is 2. The number of para-hydroxylation sites is 2. The summed E-state index contributed by atoms with van der Waals surface area (Å²) in [5.74, 6) is 1.41. The highest BCUT2D eigenvalue weighted by Gasteiger charge is 2.04. The lowest BCUT2D eigenvalue weighted by molar-refractivity contribution is 0.238. The zero-order chi connectivity index (χ0) is 17.2. The minimum atomic E-state index is -0.223. The normalized spacial score (nSPS) is 10.1. The highest BCUT2D eigenvalue weighted by atomic mass is 35.5. The fourth-order valence-electron chi connectivity index (χ4n) is 2.11. The van der Waals surface area contributed by atoms with Crippen LogP contribution in [0.15, 0.2) is 48.5 Å². The number of hydrogen-bond acceptors (Lipinski definition) is 3. The molecule has 2 N–H and O–H groups in total. The number of ether oxygens (including phenoxy) is 2. The number of methoxy groups -OCH3 is 1. The van der Waals surface area contributed by atoms with Crippen LogP contribution in [-0.4, -0.2) is 26.3 Å². The summed E-state index contributed by atoms with van der Waals surface area (Å²) in [6.07, 6.45) is 0.688. The second-order valence-corrected chi connectivity index (χ2v) is 5.46. The summed E-state index contributed by atoms with van der Waals surface area (Å²) in [4.78, 5) is 11.8. The maximum Gasteiger partial charge on any atom is 0.315 e. The van der Waals surface area contributed by atoms with Crippen molar-refractivity contribution in [1.29, 1.82) is 0 Å². The predicted molar refractivity (Wildman–Crippen MR) is 94.8 cm³/mol. The van der Waals surface area contributed by atoms with E-state index in [1.54, 1.807) is 13.2 Å². The van der Waals surface area contributed by atoms with Gasteiger partial charge in [0.2, 0.25) is 0 Å². The van der Waals surface area contributed by atoms with Crippen LogP contribution in [0.4, 0.5) is 4.79 Å². The molecule has 0 spiro atoms. The van der Waals surface area contributed by atoms with Crippen LogP contribution in [0, 0.1) is 0 Å². The molecule has 0 fully saturated rings. The maximum atomic E-state index is 11.8. The molecular weight excluding hydrogens is 328 g/mol. The van der Waals surface area contributed by atoms with Crippen molar-refractivity contribution >= 4 is 17.6 Å². The van der Waals surface area contributed by atoms with Gasteiger partial charge in [0.05, 0.1) is 18.7 Å². The van der Waals surface area contributed by atoms with Gasteiger partial charge in [0.1, 0.15) is 11.5 Å². The molecule has 6 heteroatoms. The van der Waals surface area contributed by atoms with Crippen molar-refractivity contribution in [1.82, 2.24) is 10.6 Å². The van der Waals surface area contributed by atoms with E-state index in [-0.39, 0.29) is 6.03 Å². The molecule has 0 aromatic heterocycles. The Morgan fingerprint density at radius 2 is 1.75 bits per heavy atom. The van der Waals surface area contributed by atoms with E-state index >= 15 is 0 Å². The monoisotopic (exact) mass is 348 g/mol. The molecule has 0 heterocycles. The number of urea groups is 1. The van der Waals surface area contributed by atoms with Crippen molar-refractivity contribution in [2.24, 2.45) is 0 Å². The Kier molecular flexibility index (Phi) is 7.23. The molecule has 0 unspecified atom stereocenters. The highest BCUT2D eigenvalue weighted by Crippen LogP contribution is 2.23. The zero-order valence-corrected chi connectivity index (χ0v) is 14.3. The van der Waals surface area contributed by atoms with Crippen molar-refractivity contribution in [2.75, 3.05) is 20.3 Å². The average Bonchev–Trinajstić information content (AvgIpc) is 2.61. The number of halogens is 1. The van der Waals surface area contributed by atoms with Crippen LogP contribution in [0.1, 0.15) is 12.0 Å². The Balaban J connectivity index is 1.62. The van der Waals surface area contributed by atoms with Crippen LogP contribution in [0.3, 0.4) is 0 Å². The molecule has 0 bridgehead atoms. The van der Waals surface area contributed by atoms with E-state index in [0.717, 1.165) is 11.3 Å². The summed E-state index contributed by atoms with van der Waals surface area (Å²) in [6, 6.07) is 14.7. The van der Waals surface area contributed by atoms with E-state index in [4.69, 9.17) is 21.1 Å². The molecule has 0 aliphatic heterocycles. The number of rotatable bonds is 8. The number of hydrogen-bond donors (Lipinski definition) is 2. The summed E-state index contributed by atoms with van der Waals surface area (Å²) in [5.41, 5.74) is 0.928. The van der Waals surface area contributed by atoms with E-state index in [0.29, 0.717) is 36.9 Å². The Labute approximate surface area is 146 Å². The van der Waals surface area contributed by atoms with Crippen LogP contribution in [-0.2, 0) is 6.54 Å². The quantitative estimate of drug-likeness (QED) is 0.716. The molecule has 128 valence electrons. The lowest BCUT2D eigenvalue weighted by atomic mass is 10.2. The summed E-state index contributed by atoms with van der Waals surface area (Å²) in [5, 5.41) is 6.17. The second kappa shape index (κ2) is 9.67.